The second kappa shape index (κ2) is 16.5. The third-order valence-electron chi connectivity index (χ3n) is 6.94. The maximum Gasteiger partial charge on any atom is 0.472 e. The average Bonchev–Trinajstić information content (AvgIpc) is 3.41. The number of nitrogens with one attached hydrogen (secondary N) is 1. The van der Waals surface area contributed by atoms with Crippen LogP contribution in [0.3, 0.4) is 0 Å². The molecule has 11 nitrogen and oxygen atoms in total. The van der Waals surface area contributed by atoms with Crippen molar-refractivity contribution in [3.8, 4) is 0 Å². The van der Waals surface area contributed by atoms with Gasteiger partial charge in [0.2, 0.25) is 0 Å². The highest BCUT2D eigenvalue weighted by Gasteiger charge is 2.36. The van der Waals surface area contributed by atoms with Crippen LogP contribution in [0, 0.1) is 5.92 Å². The van der Waals surface area contributed by atoms with Gasteiger partial charge in [0.05, 0.1) is 40.4 Å². The highest BCUT2D eigenvalue weighted by atomic mass is 31.2. The number of carbonyl (C=O) groups excluding carboxylic acids is 1. The van der Waals surface area contributed by atoms with Crippen LogP contribution in [0.4, 0.5) is 10.5 Å². The van der Waals surface area contributed by atoms with Gasteiger partial charge in [-0.3, -0.25) is 13.9 Å². The summed E-state index contributed by atoms with van der Waals surface area (Å²) in [5, 5.41) is 2.95. The number of quaternary nitrogens is 1. The number of nitrogen functional groups attached to an aromatic ring is 1. The van der Waals surface area contributed by atoms with E-state index in [1.165, 1.54) is 0 Å². The number of carbonyl (C=O) groups is 1. The average molecular weight is 622 g/mol. The predicted molar refractivity (Wildman–Crippen MR) is 167 cm³/mol. The molecule has 0 aromatic heterocycles. The van der Waals surface area contributed by atoms with E-state index < -0.39 is 26.1 Å². The highest BCUT2D eigenvalue weighted by molar-refractivity contribution is 7.47. The zero-order valence-electron chi connectivity index (χ0n) is 26.2. The predicted octanol–water partition coefficient (Wildman–Crippen LogP) is 4.06. The van der Waals surface area contributed by atoms with Crippen molar-refractivity contribution in [2.75, 3.05) is 66.3 Å². The maximum absolute atomic E-state index is 13.3. The summed E-state index contributed by atoms with van der Waals surface area (Å²) in [7, 11) is 1.40. The zero-order chi connectivity index (χ0) is 31.5. The second-order valence-electron chi connectivity index (χ2n) is 12.6. The molecule has 4 atom stereocenters. The van der Waals surface area contributed by atoms with Crippen molar-refractivity contribution in [1.29, 1.82) is 0 Å². The van der Waals surface area contributed by atoms with Gasteiger partial charge < -0.3 is 29.9 Å². The van der Waals surface area contributed by atoms with Crippen LogP contribution in [0.15, 0.2) is 54.6 Å². The Morgan fingerprint density at radius 2 is 1.81 bits per heavy atom. The molecular formula is C31H50N4O7P+. The number of hydrogen-bond donors (Lipinski definition) is 3. The van der Waals surface area contributed by atoms with Crippen LogP contribution < -0.4 is 11.1 Å². The van der Waals surface area contributed by atoms with Crippen molar-refractivity contribution in [1.82, 2.24) is 10.2 Å². The van der Waals surface area contributed by atoms with E-state index in [0.717, 1.165) is 11.1 Å². The van der Waals surface area contributed by atoms with Gasteiger partial charge in [-0.15, -0.1) is 0 Å². The fourth-order valence-electron chi connectivity index (χ4n) is 4.81. The monoisotopic (exact) mass is 621 g/mol. The molecule has 1 saturated heterocycles. The number of alkyl carbamates (subject to hydrolysis) is 1. The number of nitrogens with two attached hydrogens (primary N) is 1. The van der Waals surface area contributed by atoms with Crippen LogP contribution in [-0.2, 0) is 36.1 Å². The lowest BCUT2D eigenvalue weighted by Crippen LogP contribution is -2.51. The van der Waals surface area contributed by atoms with Gasteiger partial charge in [-0.25, -0.2) is 9.36 Å². The van der Waals surface area contributed by atoms with Crippen molar-refractivity contribution >= 4 is 19.6 Å². The van der Waals surface area contributed by atoms with E-state index in [2.05, 4.69) is 24.1 Å². The van der Waals surface area contributed by atoms with Gasteiger partial charge in [0.25, 0.3) is 0 Å². The van der Waals surface area contributed by atoms with Crippen molar-refractivity contribution in [2.45, 2.75) is 51.5 Å². The van der Waals surface area contributed by atoms with Gasteiger partial charge in [0.15, 0.2) is 0 Å². The third-order valence-corrected chi connectivity index (χ3v) is 7.99. The van der Waals surface area contributed by atoms with E-state index >= 15 is 0 Å². The van der Waals surface area contributed by atoms with Gasteiger partial charge in [-0.1, -0.05) is 56.3 Å². The molecule has 1 fully saturated rings. The van der Waals surface area contributed by atoms with Crippen molar-refractivity contribution in [3.05, 3.63) is 65.7 Å². The molecule has 12 heteroatoms. The minimum absolute atomic E-state index is 0.0334. The Morgan fingerprint density at radius 3 is 2.42 bits per heavy atom. The van der Waals surface area contributed by atoms with Crippen LogP contribution in [0.5, 0.6) is 0 Å². The zero-order valence-corrected chi connectivity index (χ0v) is 27.1. The Labute approximate surface area is 256 Å². The van der Waals surface area contributed by atoms with Crippen molar-refractivity contribution in [2.24, 2.45) is 5.92 Å². The highest BCUT2D eigenvalue weighted by Crippen LogP contribution is 2.45. The summed E-state index contributed by atoms with van der Waals surface area (Å²) in [4.78, 5) is 26.1. The topological polar surface area (TPSA) is 133 Å². The molecule has 43 heavy (non-hydrogen) atoms. The van der Waals surface area contributed by atoms with Crippen LogP contribution in [0.1, 0.15) is 31.4 Å². The molecule has 0 aliphatic carbocycles. The molecule has 1 amide bonds. The fraction of sp³-hybridized carbons (Fsp3) is 0.581. The molecule has 0 radical (unpaired) electrons. The second-order valence-corrected chi connectivity index (χ2v) is 14.0. The number of ether oxygens (including phenoxy) is 2. The Morgan fingerprint density at radius 1 is 1.12 bits per heavy atom. The first-order chi connectivity index (χ1) is 20.3. The number of amides is 1. The molecule has 1 unspecified atom stereocenters. The van der Waals surface area contributed by atoms with E-state index in [4.69, 9.17) is 24.3 Å². The Bertz CT molecular complexity index is 1150. The Balaban J connectivity index is 1.90. The quantitative estimate of drug-likeness (QED) is 0.136. The lowest BCUT2D eigenvalue weighted by Gasteiger charge is -2.34. The van der Waals surface area contributed by atoms with Gasteiger partial charge in [0, 0.05) is 31.7 Å². The molecule has 2 aromatic rings. The van der Waals surface area contributed by atoms with E-state index in [9.17, 15) is 14.3 Å². The number of rotatable bonds is 17. The normalized spacial score (nSPS) is 18.4. The summed E-state index contributed by atoms with van der Waals surface area (Å²) in [5.74, 6) is 0.295. The maximum atomic E-state index is 13.3. The van der Waals surface area contributed by atoms with E-state index in [0.29, 0.717) is 61.8 Å². The van der Waals surface area contributed by atoms with Crippen LogP contribution in [0.2, 0.25) is 0 Å². The fourth-order valence-corrected chi connectivity index (χ4v) is 5.74. The van der Waals surface area contributed by atoms with E-state index in [1.54, 1.807) is 0 Å². The molecular weight excluding hydrogens is 571 g/mol. The van der Waals surface area contributed by atoms with E-state index in [-0.39, 0.29) is 19.3 Å². The summed E-state index contributed by atoms with van der Waals surface area (Å²) in [6.45, 7) is 7.12. The van der Waals surface area contributed by atoms with Crippen LogP contribution in [-0.4, -0.2) is 99.2 Å². The molecule has 240 valence electrons. The number of benzene rings is 2. The molecule has 1 heterocycles. The molecule has 3 rings (SSSR count). The molecule has 0 spiro atoms. The molecule has 1 aliphatic rings. The van der Waals surface area contributed by atoms with E-state index in [1.807, 2.05) is 75.7 Å². The number of phosphoric acid groups is 1. The number of phosphoric ester groups is 1. The Kier molecular flexibility index (Phi) is 13.5. The first-order valence-electron chi connectivity index (χ1n) is 14.9. The molecule has 1 aliphatic heterocycles. The lowest BCUT2D eigenvalue weighted by atomic mass is 10.0. The van der Waals surface area contributed by atoms with Gasteiger partial charge in [0.1, 0.15) is 25.4 Å². The molecule has 0 saturated carbocycles. The third kappa shape index (κ3) is 13.8. The van der Waals surface area contributed by atoms with Gasteiger partial charge in [-0.2, -0.15) is 0 Å². The first-order valence-corrected chi connectivity index (χ1v) is 16.4. The SMILES string of the molecule is CC(C)CN(Cc1ccc(N)cc1)C[C@@H](OP(=O)(O)OCC[N+](C)(C)C)[C@H](Cc1ccccc1)NC(=O)O[C@H]1CCOC1. The number of likely N-dealkylation sites (N-methyl/N-ethyl adjacent to an activating group) is 1. The summed E-state index contributed by atoms with van der Waals surface area (Å²) in [6.07, 6.45) is -0.926. The molecule has 0 bridgehead atoms. The van der Waals surface area contributed by atoms with Crippen LogP contribution in [0.25, 0.3) is 0 Å². The number of nitrogens with zero attached hydrogens (tertiary/aromatic N) is 2. The lowest BCUT2D eigenvalue weighted by molar-refractivity contribution is -0.870. The summed E-state index contributed by atoms with van der Waals surface area (Å²) in [5.41, 5.74) is 8.54. The first kappa shape index (κ1) is 35.0. The standard InChI is InChI=1S/C31H49N4O7P/c1-24(2)20-34(21-26-11-13-27(32)14-12-26)22-30(42-43(37,38)40-18-16-35(3,4)5)29(19-25-9-7-6-8-10-25)33-31(36)41-28-15-17-39-23-28/h6-14,24,28-30H,15-23,32H2,1-5H3,(H-,33,36,37,38)/p+1/t28-,29-,30+/m0/s1. The van der Waals surface area contributed by atoms with Gasteiger partial charge in [-0.05, 0) is 35.6 Å². The smallest absolute Gasteiger partial charge is 0.444 e. The summed E-state index contributed by atoms with van der Waals surface area (Å²) < 4.78 is 36.2. The number of hydrogen-bond acceptors (Lipinski definition) is 8. The summed E-state index contributed by atoms with van der Waals surface area (Å²) in [6, 6.07) is 16.5. The number of anilines is 1. The largest absolute Gasteiger partial charge is 0.472 e. The summed E-state index contributed by atoms with van der Waals surface area (Å²) >= 11 is 0. The van der Waals surface area contributed by atoms with Crippen LogP contribution >= 0.6 is 7.82 Å². The Hall–Kier alpha value is -2.50. The molecule has 4 N–H and O–H groups in total. The van der Waals surface area contributed by atoms with Gasteiger partial charge >= 0.3 is 13.9 Å². The minimum Gasteiger partial charge on any atom is -0.444 e. The van der Waals surface area contributed by atoms with Crippen molar-refractivity contribution in [3.63, 3.8) is 0 Å². The minimum atomic E-state index is -4.51. The molecule has 2 aromatic carbocycles. The van der Waals surface area contributed by atoms with Crippen molar-refractivity contribution < 1.29 is 37.3 Å².